The summed E-state index contributed by atoms with van der Waals surface area (Å²) in [6.45, 7) is 8.56. The number of hydrogen-bond donors (Lipinski definition) is 1. The SMILES string of the molecule is CCC1(C(=O)OC2CC(C)CC(C)C2)CCNCC1. The molecule has 3 heteroatoms. The van der Waals surface area contributed by atoms with Gasteiger partial charge >= 0.3 is 5.97 Å². The lowest BCUT2D eigenvalue weighted by Gasteiger charge is -2.38. The second-order valence-corrected chi connectivity index (χ2v) is 6.83. The normalized spacial score (nSPS) is 34.8. The molecule has 1 aliphatic heterocycles. The van der Waals surface area contributed by atoms with Gasteiger partial charge in [-0.15, -0.1) is 0 Å². The van der Waals surface area contributed by atoms with Crippen LogP contribution in [0, 0.1) is 17.3 Å². The summed E-state index contributed by atoms with van der Waals surface area (Å²) in [5.41, 5.74) is -0.213. The van der Waals surface area contributed by atoms with Crippen molar-refractivity contribution in [1.29, 1.82) is 0 Å². The molecule has 1 aliphatic carbocycles. The minimum absolute atomic E-state index is 0.0720. The lowest BCUT2D eigenvalue weighted by molar-refractivity contribution is -0.166. The zero-order valence-electron chi connectivity index (χ0n) is 12.7. The average molecular weight is 267 g/mol. The third-order valence-corrected chi connectivity index (χ3v) is 5.08. The molecule has 2 aliphatic rings. The highest BCUT2D eigenvalue weighted by Crippen LogP contribution is 2.37. The van der Waals surface area contributed by atoms with Crippen LogP contribution in [-0.4, -0.2) is 25.2 Å². The molecule has 0 bridgehead atoms. The van der Waals surface area contributed by atoms with E-state index in [1.54, 1.807) is 0 Å². The summed E-state index contributed by atoms with van der Waals surface area (Å²) in [6, 6.07) is 0. The molecule has 0 radical (unpaired) electrons. The van der Waals surface area contributed by atoms with Gasteiger partial charge in [-0.3, -0.25) is 4.79 Å². The minimum atomic E-state index is -0.213. The number of carbonyl (C=O) groups excluding carboxylic acids is 1. The molecule has 0 aromatic heterocycles. The summed E-state index contributed by atoms with van der Waals surface area (Å²) < 4.78 is 5.90. The van der Waals surface area contributed by atoms with Crippen molar-refractivity contribution in [3.05, 3.63) is 0 Å². The highest BCUT2D eigenvalue weighted by atomic mass is 16.5. The molecule has 0 amide bonds. The van der Waals surface area contributed by atoms with Crippen LogP contribution in [0.15, 0.2) is 0 Å². The number of nitrogens with one attached hydrogen (secondary N) is 1. The number of rotatable bonds is 3. The largest absolute Gasteiger partial charge is 0.462 e. The van der Waals surface area contributed by atoms with Gasteiger partial charge in [-0.1, -0.05) is 20.8 Å². The molecule has 0 spiro atoms. The topological polar surface area (TPSA) is 38.3 Å². The zero-order valence-corrected chi connectivity index (χ0v) is 12.7. The Labute approximate surface area is 117 Å². The van der Waals surface area contributed by atoms with E-state index in [-0.39, 0.29) is 17.5 Å². The molecule has 2 unspecified atom stereocenters. The first-order valence-corrected chi connectivity index (χ1v) is 7.97. The van der Waals surface area contributed by atoms with Gasteiger partial charge in [-0.2, -0.15) is 0 Å². The Bertz CT molecular complexity index is 300. The third-order valence-electron chi connectivity index (χ3n) is 5.08. The van der Waals surface area contributed by atoms with Crippen molar-refractivity contribution < 1.29 is 9.53 Å². The molecular weight excluding hydrogens is 238 g/mol. The van der Waals surface area contributed by atoms with Crippen LogP contribution in [-0.2, 0) is 9.53 Å². The van der Waals surface area contributed by atoms with Gasteiger partial charge in [0, 0.05) is 0 Å². The molecule has 110 valence electrons. The molecule has 1 heterocycles. The lowest BCUT2D eigenvalue weighted by Crippen LogP contribution is -2.44. The molecule has 0 aromatic rings. The smallest absolute Gasteiger partial charge is 0.312 e. The summed E-state index contributed by atoms with van der Waals surface area (Å²) in [5, 5.41) is 3.34. The fraction of sp³-hybridized carbons (Fsp3) is 0.938. The lowest BCUT2D eigenvalue weighted by atomic mass is 9.76. The van der Waals surface area contributed by atoms with Crippen LogP contribution in [0.2, 0.25) is 0 Å². The third kappa shape index (κ3) is 3.50. The van der Waals surface area contributed by atoms with Crippen molar-refractivity contribution in [2.45, 2.75) is 65.4 Å². The van der Waals surface area contributed by atoms with E-state index in [0.717, 1.165) is 45.2 Å². The molecule has 0 aromatic carbocycles. The van der Waals surface area contributed by atoms with Crippen LogP contribution in [0.1, 0.15) is 59.3 Å². The van der Waals surface area contributed by atoms with Crippen LogP contribution >= 0.6 is 0 Å². The van der Waals surface area contributed by atoms with Gasteiger partial charge in [-0.05, 0) is 63.5 Å². The first kappa shape index (κ1) is 14.8. The Hall–Kier alpha value is -0.570. The maximum absolute atomic E-state index is 12.6. The molecule has 1 saturated carbocycles. The van der Waals surface area contributed by atoms with Gasteiger partial charge in [-0.25, -0.2) is 0 Å². The summed E-state index contributed by atoms with van der Waals surface area (Å²) in [6.07, 6.45) is 6.30. The maximum Gasteiger partial charge on any atom is 0.312 e. The predicted octanol–water partition coefficient (Wildman–Crippen LogP) is 3.13. The van der Waals surface area contributed by atoms with Gasteiger partial charge in [0.15, 0.2) is 0 Å². The van der Waals surface area contributed by atoms with Crippen LogP contribution in [0.3, 0.4) is 0 Å². The van der Waals surface area contributed by atoms with Crippen LogP contribution in [0.25, 0.3) is 0 Å². The van der Waals surface area contributed by atoms with E-state index >= 15 is 0 Å². The van der Waals surface area contributed by atoms with E-state index in [4.69, 9.17) is 4.74 Å². The monoisotopic (exact) mass is 267 g/mol. The Morgan fingerprint density at radius 1 is 1.16 bits per heavy atom. The second-order valence-electron chi connectivity index (χ2n) is 6.83. The number of ether oxygens (including phenoxy) is 1. The summed E-state index contributed by atoms with van der Waals surface area (Å²) in [5.74, 6) is 1.45. The Balaban J connectivity index is 1.95. The van der Waals surface area contributed by atoms with Crippen LogP contribution in [0.4, 0.5) is 0 Å². The van der Waals surface area contributed by atoms with Crippen molar-refractivity contribution in [1.82, 2.24) is 5.32 Å². The molecule has 19 heavy (non-hydrogen) atoms. The predicted molar refractivity (Wildman–Crippen MR) is 76.9 cm³/mol. The molecule has 2 rings (SSSR count). The number of esters is 1. The van der Waals surface area contributed by atoms with E-state index in [9.17, 15) is 4.79 Å². The van der Waals surface area contributed by atoms with Gasteiger partial charge < -0.3 is 10.1 Å². The number of carbonyl (C=O) groups is 1. The van der Waals surface area contributed by atoms with E-state index in [1.165, 1.54) is 6.42 Å². The quantitative estimate of drug-likeness (QED) is 0.798. The van der Waals surface area contributed by atoms with E-state index in [2.05, 4.69) is 26.1 Å². The van der Waals surface area contributed by atoms with Crippen molar-refractivity contribution >= 4 is 5.97 Å². The van der Waals surface area contributed by atoms with E-state index < -0.39 is 0 Å². The summed E-state index contributed by atoms with van der Waals surface area (Å²) in [4.78, 5) is 12.6. The van der Waals surface area contributed by atoms with Crippen molar-refractivity contribution in [2.75, 3.05) is 13.1 Å². The van der Waals surface area contributed by atoms with Crippen LogP contribution < -0.4 is 5.32 Å². The molecule has 1 N–H and O–H groups in total. The van der Waals surface area contributed by atoms with Gasteiger partial charge in [0.2, 0.25) is 0 Å². The highest BCUT2D eigenvalue weighted by molar-refractivity contribution is 5.77. The van der Waals surface area contributed by atoms with Gasteiger partial charge in [0.25, 0.3) is 0 Å². The van der Waals surface area contributed by atoms with E-state index in [1.807, 2.05) is 0 Å². The fourth-order valence-electron chi connectivity index (χ4n) is 3.85. The standard InChI is InChI=1S/C16H29NO2/c1-4-16(5-7-17-8-6-16)15(18)19-14-10-12(2)9-13(3)11-14/h12-14,17H,4-11H2,1-3H3. The number of hydrogen-bond acceptors (Lipinski definition) is 3. The van der Waals surface area contributed by atoms with Crippen LogP contribution in [0.5, 0.6) is 0 Å². The summed E-state index contributed by atoms with van der Waals surface area (Å²) >= 11 is 0. The first-order chi connectivity index (χ1) is 9.05. The van der Waals surface area contributed by atoms with Gasteiger partial charge in [0.1, 0.15) is 6.10 Å². The van der Waals surface area contributed by atoms with Crippen molar-refractivity contribution in [3.63, 3.8) is 0 Å². The molecule has 1 saturated heterocycles. The Kier molecular flexibility index (Phi) is 4.88. The highest BCUT2D eigenvalue weighted by Gasteiger charge is 2.41. The molecule has 2 fully saturated rings. The minimum Gasteiger partial charge on any atom is -0.462 e. The first-order valence-electron chi connectivity index (χ1n) is 7.97. The molecule has 3 nitrogen and oxygen atoms in total. The van der Waals surface area contributed by atoms with E-state index in [0.29, 0.717) is 11.8 Å². The maximum atomic E-state index is 12.6. The fourth-order valence-corrected chi connectivity index (χ4v) is 3.85. The van der Waals surface area contributed by atoms with Crippen molar-refractivity contribution in [2.24, 2.45) is 17.3 Å². The second kappa shape index (κ2) is 6.25. The average Bonchev–Trinajstić information content (AvgIpc) is 2.38. The molecular formula is C16H29NO2. The zero-order chi connectivity index (χ0) is 13.9. The van der Waals surface area contributed by atoms with Gasteiger partial charge in [0.05, 0.1) is 5.41 Å². The Morgan fingerprint density at radius 2 is 1.74 bits per heavy atom. The Morgan fingerprint density at radius 3 is 2.26 bits per heavy atom. The number of piperidine rings is 1. The summed E-state index contributed by atoms with van der Waals surface area (Å²) in [7, 11) is 0. The molecule has 2 atom stereocenters. The van der Waals surface area contributed by atoms with Crippen molar-refractivity contribution in [3.8, 4) is 0 Å².